The highest BCUT2D eigenvalue weighted by Gasteiger charge is 2.33. The lowest BCUT2D eigenvalue weighted by molar-refractivity contribution is -0.139. The van der Waals surface area contributed by atoms with Gasteiger partial charge in [0.25, 0.3) is 10.0 Å². The van der Waals surface area contributed by atoms with Gasteiger partial charge in [0, 0.05) is 22.1 Å². The average molecular weight is 691 g/mol. The second-order valence-electron chi connectivity index (χ2n) is 10.5. The van der Waals surface area contributed by atoms with Crippen LogP contribution in [-0.2, 0) is 26.2 Å². The molecule has 0 heterocycles. The number of amides is 2. The summed E-state index contributed by atoms with van der Waals surface area (Å²) in [7, 11) is -4.18. The minimum atomic E-state index is -4.18. The number of carbonyl (C=O) groups excluding carboxylic acids is 2. The van der Waals surface area contributed by atoms with E-state index in [4.69, 9.17) is 16.3 Å². The Balaban J connectivity index is 1.68. The van der Waals surface area contributed by atoms with Crippen LogP contribution in [0.25, 0.3) is 0 Å². The van der Waals surface area contributed by atoms with Crippen LogP contribution in [0.15, 0.2) is 82.2 Å². The van der Waals surface area contributed by atoms with Gasteiger partial charge in [-0.25, -0.2) is 8.42 Å². The van der Waals surface area contributed by atoms with Gasteiger partial charge in [-0.1, -0.05) is 65.0 Å². The largest absolute Gasteiger partial charge is 0.494 e. The molecule has 1 atom stereocenters. The number of ether oxygens (including phenoxy) is 1. The van der Waals surface area contributed by atoms with Crippen molar-refractivity contribution in [1.29, 1.82) is 0 Å². The Hall–Kier alpha value is -3.08. The number of halogens is 2. The standard InChI is InChI=1S/C32H37BrClN3O5S/c1-3-42-28-17-15-27(16-18-28)37(43(40,41)29-19-13-25(33)14-20-29)22-31(38)36(21-24-9-7-8-12-30(24)34)23(2)32(39)35-26-10-5-4-6-11-26/h7-9,12-20,23,26H,3-6,10-11,21-22H2,1-2H3,(H,35,39)/t23-/m0/s1. The van der Waals surface area contributed by atoms with Gasteiger partial charge in [0.1, 0.15) is 18.3 Å². The number of anilines is 1. The third kappa shape index (κ3) is 8.52. The lowest BCUT2D eigenvalue weighted by Crippen LogP contribution is -2.53. The van der Waals surface area contributed by atoms with Gasteiger partial charge in [-0.3, -0.25) is 13.9 Å². The van der Waals surface area contributed by atoms with E-state index in [0.717, 1.165) is 40.9 Å². The van der Waals surface area contributed by atoms with Crippen molar-refractivity contribution in [3.63, 3.8) is 0 Å². The lowest BCUT2D eigenvalue weighted by atomic mass is 9.95. The smallest absolute Gasteiger partial charge is 0.264 e. The molecular weight excluding hydrogens is 654 g/mol. The van der Waals surface area contributed by atoms with Crippen molar-refractivity contribution in [3.8, 4) is 5.75 Å². The number of nitrogens with one attached hydrogen (secondary N) is 1. The van der Waals surface area contributed by atoms with Crippen LogP contribution in [0.5, 0.6) is 5.75 Å². The molecule has 1 aliphatic carbocycles. The molecule has 3 aromatic rings. The quantitative estimate of drug-likeness (QED) is 0.232. The number of carbonyl (C=O) groups is 2. The normalized spacial score (nSPS) is 14.5. The summed E-state index contributed by atoms with van der Waals surface area (Å²) in [6, 6.07) is 19.0. The SMILES string of the molecule is CCOc1ccc(N(CC(=O)N(Cc2ccccc2Cl)[C@@H](C)C(=O)NC2CCCCC2)S(=O)(=O)c2ccc(Br)cc2)cc1. The van der Waals surface area contributed by atoms with Crippen LogP contribution in [0.2, 0.25) is 5.02 Å². The summed E-state index contributed by atoms with van der Waals surface area (Å²) in [5.74, 6) is -0.247. The maximum Gasteiger partial charge on any atom is 0.264 e. The Morgan fingerprint density at radius 2 is 1.65 bits per heavy atom. The van der Waals surface area contributed by atoms with Gasteiger partial charge in [-0.05, 0) is 86.8 Å². The number of hydrogen-bond acceptors (Lipinski definition) is 5. The number of rotatable bonds is 12. The first-order chi connectivity index (χ1) is 20.6. The van der Waals surface area contributed by atoms with E-state index in [1.165, 1.54) is 17.0 Å². The fourth-order valence-corrected chi connectivity index (χ4v) is 6.97. The zero-order valence-corrected chi connectivity index (χ0v) is 27.5. The first kappa shape index (κ1) is 32.8. The number of benzene rings is 3. The maximum absolute atomic E-state index is 14.1. The highest BCUT2D eigenvalue weighted by Crippen LogP contribution is 2.28. The van der Waals surface area contributed by atoms with E-state index in [1.54, 1.807) is 67.6 Å². The molecule has 2 amide bonds. The summed E-state index contributed by atoms with van der Waals surface area (Å²) in [6.07, 6.45) is 5.04. The van der Waals surface area contributed by atoms with E-state index in [-0.39, 0.29) is 29.1 Å². The van der Waals surface area contributed by atoms with Crippen molar-refractivity contribution in [2.45, 2.75) is 69.5 Å². The molecule has 4 rings (SSSR count). The van der Waals surface area contributed by atoms with Gasteiger partial charge in [0.15, 0.2) is 0 Å². The molecule has 8 nitrogen and oxygen atoms in total. The molecule has 1 aliphatic rings. The first-order valence-corrected chi connectivity index (χ1v) is 17.1. The predicted molar refractivity (Wildman–Crippen MR) is 173 cm³/mol. The molecule has 230 valence electrons. The van der Waals surface area contributed by atoms with Crippen LogP contribution < -0.4 is 14.4 Å². The topological polar surface area (TPSA) is 96.0 Å². The average Bonchev–Trinajstić information content (AvgIpc) is 3.00. The second kappa shape index (κ2) is 15.1. The fourth-order valence-electron chi connectivity index (χ4n) is 5.10. The monoisotopic (exact) mass is 689 g/mol. The van der Waals surface area contributed by atoms with Gasteiger partial charge in [0.05, 0.1) is 17.2 Å². The summed E-state index contributed by atoms with van der Waals surface area (Å²) in [5, 5.41) is 3.55. The third-order valence-electron chi connectivity index (χ3n) is 7.53. The molecule has 0 saturated heterocycles. The molecule has 0 aromatic heterocycles. The van der Waals surface area contributed by atoms with Gasteiger partial charge < -0.3 is 15.0 Å². The fraction of sp³-hybridized carbons (Fsp3) is 0.375. The second-order valence-corrected chi connectivity index (χ2v) is 13.7. The number of hydrogen-bond donors (Lipinski definition) is 1. The number of sulfonamides is 1. The van der Waals surface area contributed by atoms with E-state index in [2.05, 4.69) is 21.2 Å². The highest BCUT2D eigenvalue weighted by molar-refractivity contribution is 9.10. The molecule has 0 unspecified atom stereocenters. The van der Waals surface area contributed by atoms with Crippen molar-refractivity contribution in [2.75, 3.05) is 17.5 Å². The van der Waals surface area contributed by atoms with E-state index in [1.807, 2.05) is 6.92 Å². The first-order valence-electron chi connectivity index (χ1n) is 14.4. The van der Waals surface area contributed by atoms with Crippen LogP contribution in [-0.4, -0.2) is 50.4 Å². The zero-order chi connectivity index (χ0) is 31.0. The van der Waals surface area contributed by atoms with Crippen molar-refractivity contribution >= 4 is 55.1 Å². The molecule has 1 fully saturated rings. The minimum Gasteiger partial charge on any atom is -0.494 e. The Morgan fingerprint density at radius 3 is 2.28 bits per heavy atom. The van der Waals surface area contributed by atoms with Crippen molar-refractivity contribution in [3.05, 3.63) is 87.9 Å². The number of nitrogens with zero attached hydrogens (tertiary/aromatic N) is 2. The van der Waals surface area contributed by atoms with Crippen molar-refractivity contribution in [1.82, 2.24) is 10.2 Å². The Labute approximate surface area is 267 Å². The molecule has 1 saturated carbocycles. The van der Waals surface area contributed by atoms with E-state index >= 15 is 0 Å². The summed E-state index contributed by atoms with van der Waals surface area (Å²) >= 11 is 9.81. The molecule has 43 heavy (non-hydrogen) atoms. The van der Waals surface area contributed by atoms with Crippen LogP contribution in [0.1, 0.15) is 51.5 Å². The maximum atomic E-state index is 14.1. The van der Waals surface area contributed by atoms with Crippen molar-refractivity contribution in [2.24, 2.45) is 0 Å². The van der Waals surface area contributed by atoms with Gasteiger partial charge in [0.2, 0.25) is 11.8 Å². The molecular formula is C32H37BrClN3O5S. The summed E-state index contributed by atoms with van der Waals surface area (Å²) < 4.78 is 35.3. The molecule has 11 heteroatoms. The summed E-state index contributed by atoms with van der Waals surface area (Å²) in [6.45, 7) is 3.48. The Bertz CT molecular complexity index is 1500. The lowest BCUT2D eigenvalue weighted by Gasteiger charge is -2.33. The van der Waals surface area contributed by atoms with Crippen LogP contribution in [0.3, 0.4) is 0 Å². The molecule has 1 N–H and O–H groups in total. The molecule has 0 spiro atoms. The van der Waals surface area contributed by atoms with Gasteiger partial charge >= 0.3 is 0 Å². The van der Waals surface area contributed by atoms with Crippen molar-refractivity contribution < 1.29 is 22.7 Å². The van der Waals surface area contributed by atoms with E-state index in [9.17, 15) is 18.0 Å². The van der Waals surface area contributed by atoms with Gasteiger partial charge in [-0.15, -0.1) is 0 Å². The zero-order valence-electron chi connectivity index (χ0n) is 24.3. The third-order valence-corrected chi connectivity index (χ3v) is 10.2. The molecule has 0 bridgehead atoms. The summed E-state index contributed by atoms with van der Waals surface area (Å²) in [4.78, 5) is 29.0. The highest BCUT2D eigenvalue weighted by atomic mass is 79.9. The van der Waals surface area contributed by atoms with Crippen LogP contribution in [0.4, 0.5) is 5.69 Å². The van der Waals surface area contributed by atoms with E-state index in [0.29, 0.717) is 22.9 Å². The van der Waals surface area contributed by atoms with E-state index < -0.39 is 28.5 Å². The summed E-state index contributed by atoms with van der Waals surface area (Å²) in [5.41, 5.74) is 0.940. The Morgan fingerprint density at radius 1 is 1.00 bits per heavy atom. The minimum absolute atomic E-state index is 0.0260. The molecule has 0 radical (unpaired) electrons. The Kier molecular flexibility index (Phi) is 11.5. The predicted octanol–water partition coefficient (Wildman–Crippen LogP) is 6.56. The molecule has 0 aliphatic heterocycles. The van der Waals surface area contributed by atoms with Crippen LogP contribution in [0, 0.1) is 0 Å². The molecule has 3 aromatic carbocycles. The van der Waals surface area contributed by atoms with Gasteiger partial charge in [-0.2, -0.15) is 0 Å². The van der Waals surface area contributed by atoms with Crippen LogP contribution >= 0.6 is 27.5 Å².